The van der Waals surface area contributed by atoms with Crippen LogP contribution in [-0.2, 0) is 17.8 Å². The molecule has 3 heterocycles. The zero-order chi connectivity index (χ0) is 22.8. The summed E-state index contributed by atoms with van der Waals surface area (Å²) in [4.78, 5) is 26.7. The fourth-order valence-electron chi connectivity index (χ4n) is 5.63. The van der Waals surface area contributed by atoms with E-state index in [1.54, 1.807) is 6.07 Å². The van der Waals surface area contributed by atoms with Crippen molar-refractivity contribution in [1.29, 1.82) is 0 Å². The molecule has 1 amide bonds. The standard InChI is InChI=1S/C28H31N3O2/c1-20(32)29-25-11-9-23(10-12-25)26-13-14-27(33)31-18-22-16-24(28(26)31)19-30(17-22)15-5-8-21-6-3-2-4-7-21/h2-4,6-7,9-14,22,24H,5,8,15-19H2,1H3,(H,29,32)/t22-,24-/m0/s1. The molecule has 3 aromatic rings. The minimum Gasteiger partial charge on any atom is -0.326 e. The quantitative estimate of drug-likeness (QED) is 0.612. The highest BCUT2D eigenvalue weighted by molar-refractivity contribution is 5.89. The number of aromatic nitrogens is 1. The lowest BCUT2D eigenvalue weighted by Crippen LogP contribution is -2.47. The van der Waals surface area contributed by atoms with Gasteiger partial charge in [-0.15, -0.1) is 0 Å². The van der Waals surface area contributed by atoms with Crippen LogP contribution in [0.5, 0.6) is 0 Å². The SMILES string of the molecule is CC(=O)Nc1ccc(-c2ccc(=O)n3c2[C@H]2C[C@@H](CN(CCCc4ccccc4)C2)C3)cc1. The van der Waals surface area contributed by atoms with Crippen molar-refractivity contribution < 1.29 is 4.79 Å². The second kappa shape index (κ2) is 9.36. The number of likely N-dealkylation sites (tertiary alicyclic amines) is 1. The first kappa shape index (κ1) is 21.7. The first-order valence-electron chi connectivity index (χ1n) is 11.9. The number of anilines is 1. The molecule has 1 aromatic heterocycles. The maximum Gasteiger partial charge on any atom is 0.250 e. The first-order chi connectivity index (χ1) is 16.1. The van der Waals surface area contributed by atoms with Crippen LogP contribution in [0.2, 0.25) is 0 Å². The molecule has 5 nitrogen and oxygen atoms in total. The van der Waals surface area contributed by atoms with Gasteiger partial charge in [-0.3, -0.25) is 9.59 Å². The molecule has 2 aromatic carbocycles. The van der Waals surface area contributed by atoms with Crippen LogP contribution < -0.4 is 10.9 Å². The van der Waals surface area contributed by atoms with Gasteiger partial charge in [0.2, 0.25) is 5.91 Å². The summed E-state index contributed by atoms with van der Waals surface area (Å²) >= 11 is 0. The van der Waals surface area contributed by atoms with Gasteiger partial charge < -0.3 is 14.8 Å². The molecule has 170 valence electrons. The number of hydrogen-bond donors (Lipinski definition) is 1. The van der Waals surface area contributed by atoms with Crippen molar-refractivity contribution >= 4 is 11.6 Å². The Hall–Kier alpha value is -3.18. The fourth-order valence-corrected chi connectivity index (χ4v) is 5.63. The van der Waals surface area contributed by atoms with Gasteiger partial charge in [0, 0.05) is 55.5 Å². The van der Waals surface area contributed by atoms with Crippen molar-refractivity contribution in [3.8, 4) is 11.1 Å². The van der Waals surface area contributed by atoms with Crippen molar-refractivity contribution in [1.82, 2.24) is 9.47 Å². The number of aryl methyl sites for hydroxylation is 1. The number of benzene rings is 2. The van der Waals surface area contributed by atoms with Crippen LogP contribution >= 0.6 is 0 Å². The molecule has 0 aliphatic carbocycles. The Bertz CT molecular complexity index is 1180. The topological polar surface area (TPSA) is 54.3 Å². The van der Waals surface area contributed by atoms with Gasteiger partial charge in [-0.05, 0) is 61.1 Å². The van der Waals surface area contributed by atoms with E-state index in [0.29, 0.717) is 11.8 Å². The lowest BCUT2D eigenvalue weighted by atomic mass is 9.80. The maximum absolute atomic E-state index is 12.8. The van der Waals surface area contributed by atoms with Gasteiger partial charge in [-0.2, -0.15) is 0 Å². The summed E-state index contributed by atoms with van der Waals surface area (Å²) in [6.07, 6.45) is 3.41. The summed E-state index contributed by atoms with van der Waals surface area (Å²) in [5.74, 6) is 0.822. The molecule has 5 heteroatoms. The number of nitrogens with one attached hydrogen (secondary N) is 1. The monoisotopic (exact) mass is 441 g/mol. The summed E-state index contributed by atoms with van der Waals surface area (Å²) in [5.41, 5.74) is 5.70. The minimum absolute atomic E-state index is 0.0769. The zero-order valence-corrected chi connectivity index (χ0v) is 19.2. The number of fused-ring (bicyclic) bond motifs is 4. The Morgan fingerprint density at radius 2 is 1.76 bits per heavy atom. The number of hydrogen-bond acceptors (Lipinski definition) is 3. The Kier molecular flexibility index (Phi) is 6.14. The molecule has 2 bridgehead atoms. The molecule has 1 N–H and O–H groups in total. The van der Waals surface area contributed by atoms with E-state index in [-0.39, 0.29) is 11.5 Å². The van der Waals surface area contributed by atoms with Gasteiger partial charge in [0.1, 0.15) is 0 Å². The summed E-state index contributed by atoms with van der Waals surface area (Å²) in [5, 5.41) is 2.83. The molecule has 0 spiro atoms. The van der Waals surface area contributed by atoms with Crippen LogP contribution in [0.4, 0.5) is 5.69 Å². The van der Waals surface area contributed by atoms with Gasteiger partial charge in [0.15, 0.2) is 0 Å². The van der Waals surface area contributed by atoms with E-state index in [9.17, 15) is 9.59 Å². The zero-order valence-electron chi connectivity index (χ0n) is 19.2. The number of nitrogens with zero attached hydrogens (tertiary/aromatic N) is 2. The highest BCUT2D eigenvalue weighted by Gasteiger charge is 2.36. The number of pyridine rings is 1. The van der Waals surface area contributed by atoms with Gasteiger partial charge in [0.25, 0.3) is 5.56 Å². The highest BCUT2D eigenvalue weighted by atomic mass is 16.1. The lowest BCUT2D eigenvalue weighted by Gasteiger charge is -2.43. The third kappa shape index (κ3) is 4.79. The number of rotatable bonds is 6. The third-order valence-electron chi connectivity index (χ3n) is 6.96. The van der Waals surface area contributed by atoms with Gasteiger partial charge >= 0.3 is 0 Å². The molecule has 0 saturated carbocycles. The summed E-state index contributed by atoms with van der Waals surface area (Å²) in [7, 11) is 0. The first-order valence-corrected chi connectivity index (χ1v) is 11.9. The lowest BCUT2D eigenvalue weighted by molar-refractivity contribution is -0.114. The highest BCUT2D eigenvalue weighted by Crippen LogP contribution is 2.40. The van der Waals surface area contributed by atoms with E-state index >= 15 is 0 Å². The van der Waals surface area contributed by atoms with Gasteiger partial charge in [0.05, 0.1) is 0 Å². The molecule has 5 rings (SSSR count). The smallest absolute Gasteiger partial charge is 0.250 e. The van der Waals surface area contributed by atoms with Crippen LogP contribution in [0.25, 0.3) is 11.1 Å². The molecule has 0 unspecified atom stereocenters. The molecule has 2 atom stereocenters. The second-order valence-electron chi connectivity index (χ2n) is 9.49. The van der Waals surface area contributed by atoms with Crippen molar-refractivity contribution in [2.75, 3.05) is 25.0 Å². The van der Waals surface area contributed by atoms with Crippen LogP contribution in [0, 0.1) is 5.92 Å². The number of carbonyl (C=O) groups excluding carboxylic acids is 1. The van der Waals surface area contributed by atoms with E-state index in [1.165, 1.54) is 18.2 Å². The predicted octanol–water partition coefficient (Wildman–Crippen LogP) is 4.53. The minimum atomic E-state index is -0.0769. The molecular weight excluding hydrogens is 410 g/mol. The summed E-state index contributed by atoms with van der Waals surface area (Å²) in [6, 6.07) is 22.3. The average molecular weight is 442 g/mol. The number of piperidine rings is 1. The van der Waals surface area contributed by atoms with Crippen LogP contribution in [-0.4, -0.2) is 35.0 Å². The molecule has 2 aliphatic rings. The Morgan fingerprint density at radius 1 is 0.970 bits per heavy atom. The maximum atomic E-state index is 12.8. The molecule has 1 saturated heterocycles. The van der Waals surface area contributed by atoms with Crippen molar-refractivity contribution in [2.45, 2.75) is 38.6 Å². The Balaban J connectivity index is 1.36. The Labute approximate surface area is 195 Å². The van der Waals surface area contributed by atoms with Crippen LogP contribution in [0.3, 0.4) is 0 Å². The fraction of sp³-hybridized carbons (Fsp3) is 0.357. The molecule has 33 heavy (non-hydrogen) atoms. The normalized spacial score (nSPS) is 19.7. The molecule has 1 fully saturated rings. The van der Waals surface area contributed by atoms with Crippen molar-refractivity contribution in [2.24, 2.45) is 5.92 Å². The van der Waals surface area contributed by atoms with E-state index < -0.39 is 0 Å². The van der Waals surface area contributed by atoms with Crippen LogP contribution in [0.15, 0.2) is 71.5 Å². The average Bonchev–Trinajstić information content (AvgIpc) is 2.81. The molecule has 2 aliphatic heterocycles. The van der Waals surface area contributed by atoms with E-state index in [2.05, 4.69) is 40.5 Å². The van der Waals surface area contributed by atoms with Gasteiger partial charge in [-0.1, -0.05) is 42.5 Å². The van der Waals surface area contributed by atoms with Crippen molar-refractivity contribution in [3.05, 3.63) is 88.3 Å². The Morgan fingerprint density at radius 3 is 2.52 bits per heavy atom. The van der Waals surface area contributed by atoms with Crippen molar-refractivity contribution in [3.63, 3.8) is 0 Å². The molecular formula is C28H31N3O2. The number of amides is 1. The van der Waals surface area contributed by atoms with E-state index in [0.717, 1.165) is 62.3 Å². The summed E-state index contributed by atoms with van der Waals surface area (Å²) in [6.45, 7) is 5.49. The second-order valence-corrected chi connectivity index (χ2v) is 9.49. The largest absolute Gasteiger partial charge is 0.326 e. The van der Waals surface area contributed by atoms with E-state index in [1.807, 2.05) is 34.9 Å². The molecule has 0 radical (unpaired) electrons. The summed E-state index contributed by atoms with van der Waals surface area (Å²) < 4.78 is 2.03. The third-order valence-corrected chi connectivity index (χ3v) is 6.96. The van der Waals surface area contributed by atoms with E-state index in [4.69, 9.17) is 0 Å². The predicted molar refractivity (Wildman–Crippen MR) is 132 cm³/mol. The van der Waals surface area contributed by atoms with Crippen LogP contribution in [0.1, 0.15) is 36.9 Å². The van der Waals surface area contributed by atoms with Gasteiger partial charge in [-0.25, -0.2) is 0 Å². The number of carbonyl (C=O) groups is 1.